The number of esters is 2. The molecule has 0 saturated heterocycles. The van der Waals surface area contributed by atoms with E-state index >= 15 is 0 Å². The molecule has 8 heteroatoms. The lowest BCUT2D eigenvalue weighted by Crippen LogP contribution is -2.28. The van der Waals surface area contributed by atoms with Crippen LogP contribution < -0.4 is 0 Å². The van der Waals surface area contributed by atoms with Crippen LogP contribution in [0.5, 0.6) is 0 Å². The van der Waals surface area contributed by atoms with Gasteiger partial charge in [0.1, 0.15) is 13.2 Å². The van der Waals surface area contributed by atoms with Crippen molar-refractivity contribution in [1.82, 2.24) is 0 Å². The van der Waals surface area contributed by atoms with E-state index in [1.807, 2.05) is 88.4 Å². The SMILES string of the molecule is CC(C)(CCS(=O)CCCS(=O)CCC(C)(C)C(=O)OCc1ccccc1)CC(=O)OCc1ccccc1. The first kappa shape index (κ1) is 31.9. The van der Waals surface area contributed by atoms with Crippen molar-refractivity contribution in [2.24, 2.45) is 10.8 Å². The predicted molar refractivity (Wildman–Crippen MR) is 154 cm³/mol. The predicted octanol–water partition coefficient (Wildman–Crippen LogP) is 5.58. The topological polar surface area (TPSA) is 86.7 Å². The summed E-state index contributed by atoms with van der Waals surface area (Å²) in [6.45, 7) is 8.07. The van der Waals surface area contributed by atoms with Crippen molar-refractivity contribution >= 4 is 33.5 Å². The lowest BCUT2D eigenvalue weighted by Gasteiger charge is -2.23. The summed E-state index contributed by atoms with van der Waals surface area (Å²) in [6, 6.07) is 19.1. The summed E-state index contributed by atoms with van der Waals surface area (Å²) in [5.74, 6) is 1.26. The second kappa shape index (κ2) is 15.9. The molecule has 0 N–H and O–H groups in total. The quantitative estimate of drug-likeness (QED) is 0.234. The van der Waals surface area contributed by atoms with Crippen molar-refractivity contribution in [3.63, 3.8) is 0 Å². The maximum absolute atomic E-state index is 12.5. The molecule has 2 aromatic carbocycles. The Morgan fingerprint density at radius 1 is 0.684 bits per heavy atom. The van der Waals surface area contributed by atoms with E-state index in [2.05, 4.69) is 0 Å². The highest BCUT2D eigenvalue weighted by Crippen LogP contribution is 2.26. The second-order valence-corrected chi connectivity index (χ2v) is 14.4. The van der Waals surface area contributed by atoms with Crippen molar-refractivity contribution in [2.45, 2.75) is 66.6 Å². The molecule has 0 heterocycles. The molecule has 6 nitrogen and oxygen atoms in total. The van der Waals surface area contributed by atoms with Gasteiger partial charge in [-0.1, -0.05) is 74.5 Å². The molecule has 0 amide bonds. The van der Waals surface area contributed by atoms with Crippen LogP contribution in [-0.2, 0) is 53.9 Å². The van der Waals surface area contributed by atoms with Crippen LogP contribution in [0.4, 0.5) is 0 Å². The number of benzene rings is 2. The Labute approximate surface area is 232 Å². The number of carbonyl (C=O) groups excluding carboxylic acids is 2. The normalized spacial score (nSPS) is 13.5. The second-order valence-electron chi connectivity index (χ2n) is 11.0. The Morgan fingerprint density at radius 3 is 1.68 bits per heavy atom. The molecule has 210 valence electrons. The summed E-state index contributed by atoms with van der Waals surface area (Å²) >= 11 is 0. The molecule has 0 bridgehead atoms. The Morgan fingerprint density at radius 2 is 1.16 bits per heavy atom. The van der Waals surface area contributed by atoms with E-state index in [-0.39, 0.29) is 37.0 Å². The maximum Gasteiger partial charge on any atom is 0.311 e. The van der Waals surface area contributed by atoms with E-state index < -0.39 is 27.0 Å². The molecular weight excluding hydrogens is 520 g/mol. The number of hydrogen-bond acceptors (Lipinski definition) is 6. The third kappa shape index (κ3) is 13.0. The molecule has 0 fully saturated rings. The van der Waals surface area contributed by atoms with E-state index in [1.54, 1.807) is 0 Å². The molecular formula is C30H42O6S2. The van der Waals surface area contributed by atoms with Crippen LogP contribution >= 0.6 is 0 Å². The zero-order valence-electron chi connectivity index (χ0n) is 23.1. The summed E-state index contributed by atoms with van der Waals surface area (Å²) in [5.41, 5.74) is 0.844. The first-order chi connectivity index (χ1) is 18.0. The van der Waals surface area contributed by atoms with Gasteiger partial charge in [-0.05, 0) is 49.7 Å². The van der Waals surface area contributed by atoms with Gasteiger partial charge in [0.25, 0.3) is 0 Å². The van der Waals surface area contributed by atoms with Gasteiger partial charge in [0, 0.05) is 44.6 Å². The molecule has 0 aromatic heterocycles. The highest BCUT2D eigenvalue weighted by atomic mass is 32.2. The van der Waals surface area contributed by atoms with Crippen molar-refractivity contribution in [3.8, 4) is 0 Å². The summed E-state index contributed by atoms with van der Waals surface area (Å²) < 4.78 is 35.8. The Hall–Kier alpha value is -2.32. The van der Waals surface area contributed by atoms with Gasteiger partial charge in [-0.25, -0.2) is 0 Å². The molecule has 0 aliphatic heterocycles. The minimum absolute atomic E-state index is 0.226. The lowest BCUT2D eigenvalue weighted by atomic mass is 9.86. The fourth-order valence-electron chi connectivity index (χ4n) is 3.63. The van der Waals surface area contributed by atoms with Crippen LogP contribution in [0.3, 0.4) is 0 Å². The fraction of sp³-hybridized carbons (Fsp3) is 0.533. The van der Waals surface area contributed by atoms with Gasteiger partial charge in [0.15, 0.2) is 0 Å². The molecule has 0 aliphatic rings. The van der Waals surface area contributed by atoms with Gasteiger partial charge in [-0.2, -0.15) is 0 Å². The van der Waals surface area contributed by atoms with E-state index in [4.69, 9.17) is 9.47 Å². The van der Waals surface area contributed by atoms with Crippen LogP contribution in [0.15, 0.2) is 60.7 Å². The Balaban J connectivity index is 1.60. The molecule has 0 spiro atoms. The van der Waals surface area contributed by atoms with Crippen molar-refractivity contribution in [3.05, 3.63) is 71.8 Å². The number of rotatable bonds is 17. The van der Waals surface area contributed by atoms with Gasteiger partial charge < -0.3 is 9.47 Å². The van der Waals surface area contributed by atoms with Gasteiger partial charge in [-0.3, -0.25) is 18.0 Å². The standard InChI is InChI=1S/C30H42O6S2/c1-29(2,22-27(31)35-23-25-12-7-5-8-13-25)16-20-37(33)18-11-19-38(34)21-17-30(3,4)28(32)36-24-26-14-9-6-10-15-26/h5-10,12-15H,11,16-24H2,1-4H3. The summed E-state index contributed by atoms with van der Waals surface area (Å²) in [5, 5.41) is 0. The number of carbonyl (C=O) groups is 2. The average molecular weight is 563 g/mol. The van der Waals surface area contributed by atoms with Crippen molar-refractivity contribution < 1.29 is 27.5 Å². The summed E-state index contributed by atoms with van der Waals surface area (Å²) in [4.78, 5) is 24.7. The van der Waals surface area contributed by atoms with Gasteiger partial charge in [0.2, 0.25) is 0 Å². The minimum Gasteiger partial charge on any atom is -0.461 e. The van der Waals surface area contributed by atoms with Crippen LogP contribution in [0.1, 0.15) is 64.5 Å². The third-order valence-electron chi connectivity index (χ3n) is 6.34. The highest BCUT2D eigenvalue weighted by Gasteiger charge is 2.30. The molecule has 2 rings (SSSR count). The first-order valence-electron chi connectivity index (χ1n) is 13.1. The summed E-state index contributed by atoms with van der Waals surface area (Å²) in [6.07, 6.45) is 1.97. The lowest BCUT2D eigenvalue weighted by molar-refractivity contribution is -0.155. The first-order valence-corrected chi connectivity index (χ1v) is 16.1. The number of hydrogen-bond donors (Lipinski definition) is 0. The van der Waals surface area contributed by atoms with E-state index in [0.717, 1.165) is 11.1 Å². The van der Waals surface area contributed by atoms with E-state index in [1.165, 1.54) is 0 Å². The van der Waals surface area contributed by atoms with Crippen LogP contribution in [0.25, 0.3) is 0 Å². The largest absolute Gasteiger partial charge is 0.461 e. The fourth-order valence-corrected chi connectivity index (χ4v) is 6.67. The zero-order valence-corrected chi connectivity index (χ0v) is 24.7. The van der Waals surface area contributed by atoms with Crippen LogP contribution in [0, 0.1) is 10.8 Å². The highest BCUT2D eigenvalue weighted by molar-refractivity contribution is 7.85. The molecule has 2 atom stereocenters. The Bertz CT molecular complexity index is 1050. The van der Waals surface area contributed by atoms with E-state index in [9.17, 15) is 18.0 Å². The molecule has 0 radical (unpaired) electrons. The molecule has 2 aromatic rings. The molecule has 2 unspecified atom stereocenters. The van der Waals surface area contributed by atoms with E-state index in [0.29, 0.717) is 42.3 Å². The summed E-state index contributed by atoms with van der Waals surface area (Å²) in [7, 11) is -2.13. The minimum atomic E-state index is -1.09. The monoisotopic (exact) mass is 562 g/mol. The van der Waals surface area contributed by atoms with Crippen LogP contribution in [-0.4, -0.2) is 43.4 Å². The van der Waals surface area contributed by atoms with Crippen molar-refractivity contribution in [2.75, 3.05) is 23.0 Å². The zero-order chi connectivity index (χ0) is 28.0. The average Bonchev–Trinajstić information content (AvgIpc) is 2.89. The molecule has 38 heavy (non-hydrogen) atoms. The smallest absolute Gasteiger partial charge is 0.311 e. The van der Waals surface area contributed by atoms with Gasteiger partial charge >= 0.3 is 11.9 Å². The Kier molecular flexibility index (Phi) is 13.4. The number of ether oxygens (including phenoxy) is 2. The van der Waals surface area contributed by atoms with Gasteiger partial charge in [-0.15, -0.1) is 0 Å². The van der Waals surface area contributed by atoms with Crippen LogP contribution in [0.2, 0.25) is 0 Å². The maximum atomic E-state index is 12.5. The van der Waals surface area contributed by atoms with Crippen molar-refractivity contribution in [1.29, 1.82) is 0 Å². The van der Waals surface area contributed by atoms with Gasteiger partial charge in [0.05, 0.1) is 11.8 Å². The third-order valence-corrected chi connectivity index (χ3v) is 9.14. The molecule has 0 saturated carbocycles. The molecule has 0 aliphatic carbocycles.